The van der Waals surface area contributed by atoms with E-state index in [2.05, 4.69) is 15.3 Å². The molecule has 2 aromatic heterocycles. The highest BCUT2D eigenvalue weighted by Crippen LogP contribution is 2.19. The zero-order valence-corrected chi connectivity index (χ0v) is 16.4. The van der Waals surface area contributed by atoms with Gasteiger partial charge in [-0.1, -0.05) is 0 Å². The Hall–Kier alpha value is -3.26. The zero-order chi connectivity index (χ0) is 19.9. The van der Waals surface area contributed by atoms with E-state index in [1.807, 2.05) is 12.1 Å². The van der Waals surface area contributed by atoms with E-state index < -0.39 is 0 Å². The van der Waals surface area contributed by atoms with Gasteiger partial charge in [0, 0.05) is 36.9 Å². The van der Waals surface area contributed by atoms with E-state index in [4.69, 9.17) is 4.74 Å². The van der Waals surface area contributed by atoms with Crippen molar-refractivity contribution in [3.63, 3.8) is 0 Å². The Morgan fingerprint density at radius 2 is 1.86 bits per heavy atom. The molecule has 8 heteroatoms. The van der Waals surface area contributed by atoms with Crippen molar-refractivity contribution in [1.82, 2.24) is 14.9 Å². The maximum Gasteiger partial charge on any atom is 0.273 e. The lowest BCUT2D eigenvalue weighted by Crippen LogP contribution is -2.29. The van der Waals surface area contributed by atoms with Crippen LogP contribution in [-0.4, -0.2) is 47.4 Å². The number of carbonyl (C=O) groups is 2. The lowest BCUT2D eigenvalue weighted by atomic mass is 10.2. The summed E-state index contributed by atoms with van der Waals surface area (Å²) in [5.74, 6) is 0.200. The van der Waals surface area contributed by atoms with Gasteiger partial charge in [0.1, 0.15) is 11.4 Å². The van der Waals surface area contributed by atoms with Gasteiger partial charge in [0.15, 0.2) is 5.13 Å². The molecule has 0 aliphatic rings. The first-order chi connectivity index (χ1) is 13.6. The molecule has 0 saturated carbocycles. The molecule has 0 fully saturated rings. The van der Waals surface area contributed by atoms with Gasteiger partial charge in [0.25, 0.3) is 11.8 Å². The van der Waals surface area contributed by atoms with Gasteiger partial charge >= 0.3 is 0 Å². The van der Waals surface area contributed by atoms with Crippen molar-refractivity contribution in [2.45, 2.75) is 6.42 Å². The summed E-state index contributed by atoms with van der Waals surface area (Å²) in [6, 6.07) is 10.6. The standard InChI is InChI=1S/C20H20N4O3S/c1-24(12-9-14-7-10-21-11-8-14)19(26)17-13-28-20(22-17)23-18(25)15-3-5-16(27-2)6-4-15/h3-8,10-11,13H,9,12H2,1-2H3,(H,22,23,25). The Kier molecular flexibility index (Phi) is 6.33. The molecular weight excluding hydrogens is 376 g/mol. The number of aromatic nitrogens is 2. The van der Waals surface area contributed by atoms with Gasteiger partial charge < -0.3 is 9.64 Å². The molecule has 0 aliphatic heterocycles. The van der Waals surface area contributed by atoms with Crippen molar-refractivity contribution >= 4 is 28.3 Å². The third-order valence-electron chi connectivity index (χ3n) is 4.13. The molecule has 0 saturated heterocycles. The summed E-state index contributed by atoms with van der Waals surface area (Å²) in [7, 11) is 3.30. The predicted octanol–water partition coefficient (Wildman–Crippen LogP) is 3.11. The number of pyridine rings is 1. The molecular formula is C20H20N4O3S. The summed E-state index contributed by atoms with van der Waals surface area (Å²) >= 11 is 1.22. The molecule has 0 aliphatic carbocycles. The van der Waals surface area contributed by atoms with Crippen LogP contribution in [-0.2, 0) is 6.42 Å². The Morgan fingerprint density at radius 1 is 1.14 bits per heavy atom. The number of ether oxygens (including phenoxy) is 1. The van der Waals surface area contributed by atoms with E-state index in [1.54, 1.807) is 61.1 Å². The fourth-order valence-corrected chi connectivity index (χ4v) is 3.16. The molecule has 3 aromatic rings. The highest BCUT2D eigenvalue weighted by Gasteiger charge is 2.17. The Balaban J connectivity index is 1.57. The van der Waals surface area contributed by atoms with E-state index in [-0.39, 0.29) is 11.8 Å². The number of hydrogen-bond donors (Lipinski definition) is 1. The highest BCUT2D eigenvalue weighted by molar-refractivity contribution is 7.14. The van der Waals surface area contributed by atoms with Crippen LogP contribution in [0.15, 0.2) is 54.2 Å². The summed E-state index contributed by atoms with van der Waals surface area (Å²) in [4.78, 5) is 34.7. The molecule has 1 aromatic carbocycles. The van der Waals surface area contributed by atoms with Gasteiger partial charge in [-0.2, -0.15) is 0 Å². The van der Waals surface area contributed by atoms with Crippen molar-refractivity contribution in [2.75, 3.05) is 26.0 Å². The first kappa shape index (κ1) is 19.5. The number of methoxy groups -OCH3 is 1. The largest absolute Gasteiger partial charge is 0.497 e. The smallest absolute Gasteiger partial charge is 0.273 e. The first-order valence-electron chi connectivity index (χ1n) is 8.62. The van der Waals surface area contributed by atoms with Crippen molar-refractivity contribution in [1.29, 1.82) is 0 Å². The third kappa shape index (κ3) is 4.92. The van der Waals surface area contributed by atoms with E-state index in [0.717, 1.165) is 12.0 Å². The molecule has 0 radical (unpaired) electrons. The van der Waals surface area contributed by atoms with Crippen LogP contribution in [0.4, 0.5) is 5.13 Å². The van der Waals surface area contributed by atoms with Crippen LogP contribution < -0.4 is 10.1 Å². The van der Waals surface area contributed by atoms with Crippen LogP contribution in [0.25, 0.3) is 0 Å². The van der Waals surface area contributed by atoms with Gasteiger partial charge in [-0.15, -0.1) is 11.3 Å². The van der Waals surface area contributed by atoms with Crippen LogP contribution in [0, 0.1) is 0 Å². The molecule has 3 rings (SSSR count). The maximum atomic E-state index is 12.5. The van der Waals surface area contributed by atoms with Crippen LogP contribution in [0.2, 0.25) is 0 Å². The van der Waals surface area contributed by atoms with Gasteiger partial charge in [-0.05, 0) is 48.4 Å². The molecule has 28 heavy (non-hydrogen) atoms. The normalized spacial score (nSPS) is 10.4. The topological polar surface area (TPSA) is 84.4 Å². The average molecular weight is 396 g/mol. The zero-order valence-electron chi connectivity index (χ0n) is 15.6. The minimum Gasteiger partial charge on any atom is -0.497 e. The fourth-order valence-electron chi connectivity index (χ4n) is 2.48. The van der Waals surface area contributed by atoms with E-state index in [0.29, 0.717) is 28.7 Å². The van der Waals surface area contributed by atoms with Crippen molar-refractivity contribution < 1.29 is 14.3 Å². The van der Waals surface area contributed by atoms with Crippen LogP contribution >= 0.6 is 11.3 Å². The second kappa shape index (κ2) is 9.09. The number of anilines is 1. The maximum absolute atomic E-state index is 12.5. The third-order valence-corrected chi connectivity index (χ3v) is 4.89. The molecule has 0 bridgehead atoms. The van der Waals surface area contributed by atoms with Crippen LogP contribution in [0.1, 0.15) is 26.4 Å². The van der Waals surface area contributed by atoms with E-state index in [1.165, 1.54) is 11.3 Å². The number of carbonyl (C=O) groups excluding carboxylic acids is 2. The lowest BCUT2D eigenvalue weighted by Gasteiger charge is -2.15. The molecule has 2 heterocycles. The number of likely N-dealkylation sites (N-methyl/N-ethyl adjacent to an activating group) is 1. The highest BCUT2D eigenvalue weighted by atomic mass is 32.1. The first-order valence-corrected chi connectivity index (χ1v) is 9.50. The molecule has 7 nitrogen and oxygen atoms in total. The number of rotatable bonds is 7. The Bertz CT molecular complexity index is 942. The SMILES string of the molecule is COc1ccc(C(=O)Nc2nc(C(=O)N(C)CCc3ccncc3)cs2)cc1. The van der Waals surface area contributed by atoms with Crippen molar-refractivity contribution in [3.05, 3.63) is 71.0 Å². The fraction of sp³-hybridized carbons (Fsp3) is 0.200. The van der Waals surface area contributed by atoms with Gasteiger partial charge in [-0.25, -0.2) is 4.98 Å². The molecule has 1 N–H and O–H groups in total. The molecule has 0 unspecified atom stereocenters. The minimum atomic E-state index is -0.290. The number of hydrogen-bond acceptors (Lipinski definition) is 6. The number of thiazole rings is 1. The number of nitrogens with zero attached hydrogens (tertiary/aromatic N) is 3. The van der Waals surface area contributed by atoms with Gasteiger partial charge in [0.05, 0.1) is 7.11 Å². The Morgan fingerprint density at radius 3 is 2.54 bits per heavy atom. The van der Waals surface area contributed by atoms with Crippen LogP contribution in [0.5, 0.6) is 5.75 Å². The summed E-state index contributed by atoms with van der Waals surface area (Å²) in [6.45, 7) is 0.563. The number of nitrogens with one attached hydrogen (secondary N) is 1. The molecule has 0 spiro atoms. The molecule has 144 valence electrons. The summed E-state index contributed by atoms with van der Waals surface area (Å²) in [5.41, 5.74) is 1.91. The summed E-state index contributed by atoms with van der Waals surface area (Å²) in [6.07, 6.45) is 4.20. The quantitative estimate of drug-likeness (QED) is 0.663. The predicted molar refractivity (Wildman–Crippen MR) is 108 cm³/mol. The second-order valence-electron chi connectivity index (χ2n) is 6.05. The lowest BCUT2D eigenvalue weighted by molar-refractivity contribution is 0.0791. The summed E-state index contributed by atoms with van der Waals surface area (Å²) in [5, 5.41) is 4.75. The average Bonchev–Trinajstić information content (AvgIpc) is 3.20. The number of benzene rings is 1. The van der Waals surface area contributed by atoms with Gasteiger partial charge in [0.2, 0.25) is 0 Å². The van der Waals surface area contributed by atoms with Crippen molar-refractivity contribution in [2.24, 2.45) is 0 Å². The minimum absolute atomic E-state index is 0.185. The Labute approximate surface area is 167 Å². The molecule has 2 amide bonds. The summed E-state index contributed by atoms with van der Waals surface area (Å²) < 4.78 is 5.08. The monoisotopic (exact) mass is 396 g/mol. The van der Waals surface area contributed by atoms with Gasteiger partial charge in [-0.3, -0.25) is 19.9 Å². The van der Waals surface area contributed by atoms with E-state index in [9.17, 15) is 9.59 Å². The van der Waals surface area contributed by atoms with Crippen molar-refractivity contribution in [3.8, 4) is 5.75 Å². The molecule has 0 atom stereocenters. The van der Waals surface area contributed by atoms with E-state index >= 15 is 0 Å². The number of amides is 2. The van der Waals surface area contributed by atoms with Crippen LogP contribution in [0.3, 0.4) is 0 Å². The second-order valence-corrected chi connectivity index (χ2v) is 6.91.